The van der Waals surface area contributed by atoms with E-state index in [9.17, 15) is 4.79 Å². The number of rotatable bonds is 7. The fraction of sp³-hybridized carbons (Fsp3) is 0.519. The van der Waals surface area contributed by atoms with Gasteiger partial charge in [-0.2, -0.15) is 0 Å². The Balaban J connectivity index is 1.15. The van der Waals surface area contributed by atoms with Crippen LogP contribution >= 0.6 is 0 Å². The molecule has 2 saturated heterocycles. The van der Waals surface area contributed by atoms with Crippen LogP contribution in [0.1, 0.15) is 54.4 Å². The van der Waals surface area contributed by atoms with Gasteiger partial charge < -0.3 is 24.0 Å². The summed E-state index contributed by atoms with van der Waals surface area (Å²) in [6.07, 6.45) is 6.62. The molecule has 2 fully saturated rings. The molecule has 0 saturated carbocycles. The highest BCUT2D eigenvalue weighted by atomic mass is 16.6. The van der Waals surface area contributed by atoms with Crippen molar-refractivity contribution < 1.29 is 19.0 Å². The molecule has 176 valence electrons. The van der Waals surface area contributed by atoms with Crippen molar-refractivity contribution in [3.05, 3.63) is 53.6 Å². The maximum atomic E-state index is 12.5. The molecular formula is C27H34N2O4. The van der Waals surface area contributed by atoms with E-state index in [2.05, 4.69) is 34.1 Å². The van der Waals surface area contributed by atoms with Crippen LogP contribution in [0.15, 0.2) is 42.5 Å². The standard InChI is InChI=1S/C27H34N2O4/c1-31-24-8-5-7-23-25(24)27(33-26(23)30)13-18-29(19-14-27)21-9-11-22(12-10-21)32-20-6-17-28-15-3-2-4-16-28/h5,7-12H,2-4,6,13-20H2,1H3. The summed E-state index contributed by atoms with van der Waals surface area (Å²) in [5, 5.41) is 0. The van der Waals surface area contributed by atoms with Crippen molar-refractivity contribution >= 4 is 11.7 Å². The van der Waals surface area contributed by atoms with Crippen molar-refractivity contribution in [2.45, 2.75) is 44.1 Å². The van der Waals surface area contributed by atoms with Gasteiger partial charge in [-0.25, -0.2) is 4.79 Å². The highest BCUT2D eigenvalue weighted by molar-refractivity contribution is 5.95. The Morgan fingerprint density at radius 3 is 2.45 bits per heavy atom. The van der Waals surface area contributed by atoms with Crippen molar-refractivity contribution in [3.8, 4) is 11.5 Å². The number of anilines is 1. The topological polar surface area (TPSA) is 51.2 Å². The van der Waals surface area contributed by atoms with Crippen LogP contribution in [0.5, 0.6) is 11.5 Å². The van der Waals surface area contributed by atoms with E-state index in [1.165, 1.54) is 38.0 Å². The van der Waals surface area contributed by atoms with Gasteiger partial charge in [0.15, 0.2) is 0 Å². The molecule has 0 aromatic heterocycles. The summed E-state index contributed by atoms with van der Waals surface area (Å²) < 4.78 is 17.5. The Morgan fingerprint density at radius 1 is 0.970 bits per heavy atom. The Kier molecular flexibility index (Phi) is 6.45. The summed E-state index contributed by atoms with van der Waals surface area (Å²) in [7, 11) is 1.65. The van der Waals surface area contributed by atoms with Gasteiger partial charge in [0.05, 0.1) is 24.8 Å². The van der Waals surface area contributed by atoms with Crippen LogP contribution in [0.25, 0.3) is 0 Å². The molecule has 2 aromatic rings. The quantitative estimate of drug-likeness (QED) is 0.453. The first-order chi connectivity index (χ1) is 16.2. The molecule has 5 rings (SSSR count). The highest BCUT2D eigenvalue weighted by Gasteiger charge is 2.49. The number of benzene rings is 2. The number of hydrogen-bond donors (Lipinski definition) is 0. The fourth-order valence-electron chi connectivity index (χ4n) is 5.52. The van der Waals surface area contributed by atoms with Crippen molar-refractivity contribution in [2.24, 2.45) is 0 Å². The van der Waals surface area contributed by atoms with E-state index in [0.29, 0.717) is 5.56 Å². The molecule has 0 bridgehead atoms. The number of hydrogen-bond acceptors (Lipinski definition) is 6. The summed E-state index contributed by atoms with van der Waals surface area (Å²) in [6.45, 7) is 6.01. The number of nitrogens with zero attached hydrogens (tertiary/aromatic N) is 2. The van der Waals surface area contributed by atoms with Gasteiger partial charge in [-0.3, -0.25) is 0 Å². The minimum absolute atomic E-state index is 0.237. The predicted molar refractivity (Wildman–Crippen MR) is 128 cm³/mol. The van der Waals surface area contributed by atoms with Crippen LogP contribution in [0, 0.1) is 0 Å². The van der Waals surface area contributed by atoms with Crippen molar-refractivity contribution in [2.75, 3.05) is 51.3 Å². The van der Waals surface area contributed by atoms with E-state index < -0.39 is 5.60 Å². The predicted octanol–water partition coefficient (Wildman–Crippen LogP) is 4.62. The van der Waals surface area contributed by atoms with Gasteiger partial charge in [-0.15, -0.1) is 0 Å². The van der Waals surface area contributed by atoms with Crippen molar-refractivity contribution in [3.63, 3.8) is 0 Å². The first-order valence-corrected chi connectivity index (χ1v) is 12.3. The van der Waals surface area contributed by atoms with Crippen LogP contribution < -0.4 is 14.4 Å². The summed E-state index contributed by atoms with van der Waals surface area (Å²) in [5.41, 5.74) is 2.16. The lowest BCUT2D eigenvalue weighted by atomic mass is 9.83. The molecule has 3 aliphatic rings. The maximum Gasteiger partial charge on any atom is 0.339 e. The molecule has 0 aliphatic carbocycles. The monoisotopic (exact) mass is 450 g/mol. The van der Waals surface area contributed by atoms with Gasteiger partial charge in [-0.1, -0.05) is 12.5 Å². The summed E-state index contributed by atoms with van der Waals surface area (Å²) >= 11 is 0. The van der Waals surface area contributed by atoms with Crippen LogP contribution in [0.2, 0.25) is 0 Å². The van der Waals surface area contributed by atoms with E-state index in [1.807, 2.05) is 18.2 Å². The molecule has 3 aliphatic heterocycles. The van der Waals surface area contributed by atoms with E-state index in [1.54, 1.807) is 7.11 Å². The number of fused-ring (bicyclic) bond motifs is 2. The zero-order valence-electron chi connectivity index (χ0n) is 19.6. The van der Waals surface area contributed by atoms with E-state index in [4.69, 9.17) is 14.2 Å². The summed E-state index contributed by atoms with van der Waals surface area (Å²) in [6, 6.07) is 14.0. The summed E-state index contributed by atoms with van der Waals surface area (Å²) in [5.74, 6) is 1.43. The molecule has 0 unspecified atom stereocenters. The van der Waals surface area contributed by atoms with Crippen LogP contribution in [-0.4, -0.2) is 57.3 Å². The average molecular weight is 451 g/mol. The molecule has 1 spiro atoms. The molecule has 6 nitrogen and oxygen atoms in total. The molecule has 0 N–H and O–H groups in total. The average Bonchev–Trinajstić information content (AvgIpc) is 3.14. The Morgan fingerprint density at radius 2 is 1.73 bits per heavy atom. The Labute approximate surface area is 196 Å². The maximum absolute atomic E-state index is 12.5. The molecule has 0 atom stereocenters. The first-order valence-electron chi connectivity index (χ1n) is 12.3. The minimum Gasteiger partial charge on any atom is -0.496 e. The molecule has 0 radical (unpaired) electrons. The first kappa shape index (κ1) is 22.1. The van der Waals surface area contributed by atoms with Gasteiger partial charge in [-0.05, 0) is 68.8 Å². The number of esters is 1. The number of piperidine rings is 2. The molecule has 0 amide bonds. The second-order valence-corrected chi connectivity index (χ2v) is 9.35. The molecule has 2 aromatic carbocycles. The SMILES string of the molecule is COc1cccc2c1C1(CCN(c3ccc(OCCCN4CCCCC4)cc3)CC1)OC2=O. The van der Waals surface area contributed by atoms with Gasteiger partial charge in [0.25, 0.3) is 0 Å². The highest BCUT2D eigenvalue weighted by Crippen LogP contribution is 2.48. The van der Waals surface area contributed by atoms with Gasteiger partial charge in [0.1, 0.15) is 17.1 Å². The van der Waals surface area contributed by atoms with Crippen molar-refractivity contribution in [1.29, 1.82) is 0 Å². The van der Waals surface area contributed by atoms with Gasteiger partial charge >= 0.3 is 5.97 Å². The Hall–Kier alpha value is -2.73. The molecule has 33 heavy (non-hydrogen) atoms. The van der Waals surface area contributed by atoms with Crippen LogP contribution in [0.3, 0.4) is 0 Å². The van der Waals surface area contributed by atoms with Crippen LogP contribution in [0.4, 0.5) is 5.69 Å². The summed E-state index contributed by atoms with van der Waals surface area (Å²) in [4.78, 5) is 17.4. The number of carbonyl (C=O) groups is 1. The number of carbonyl (C=O) groups excluding carboxylic acids is 1. The smallest absolute Gasteiger partial charge is 0.339 e. The van der Waals surface area contributed by atoms with Gasteiger partial charge in [0, 0.05) is 38.2 Å². The molecular weight excluding hydrogens is 416 g/mol. The third kappa shape index (κ3) is 4.54. The minimum atomic E-state index is -0.576. The third-order valence-corrected chi connectivity index (χ3v) is 7.32. The fourth-order valence-corrected chi connectivity index (χ4v) is 5.52. The second kappa shape index (κ2) is 9.64. The number of ether oxygens (including phenoxy) is 3. The van der Waals surface area contributed by atoms with E-state index >= 15 is 0 Å². The Bertz CT molecular complexity index is 961. The van der Waals surface area contributed by atoms with E-state index in [-0.39, 0.29) is 5.97 Å². The van der Waals surface area contributed by atoms with Gasteiger partial charge in [0.2, 0.25) is 0 Å². The molecule has 6 heteroatoms. The zero-order valence-corrected chi connectivity index (χ0v) is 19.6. The lowest BCUT2D eigenvalue weighted by Crippen LogP contribution is -2.43. The largest absolute Gasteiger partial charge is 0.496 e. The zero-order chi connectivity index (χ0) is 22.7. The van der Waals surface area contributed by atoms with Crippen LogP contribution in [-0.2, 0) is 10.3 Å². The second-order valence-electron chi connectivity index (χ2n) is 9.35. The molecule has 3 heterocycles. The normalized spacial score (nSPS) is 19.9. The third-order valence-electron chi connectivity index (χ3n) is 7.32. The number of methoxy groups -OCH3 is 1. The lowest BCUT2D eigenvalue weighted by molar-refractivity contribution is -0.0218. The number of likely N-dealkylation sites (tertiary alicyclic amines) is 1. The van der Waals surface area contributed by atoms with E-state index in [0.717, 1.165) is 62.6 Å². The van der Waals surface area contributed by atoms with Crippen molar-refractivity contribution in [1.82, 2.24) is 4.90 Å². The lowest BCUT2D eigenvalue weighted by Gasteiger charge is -2.40.